The fourth-order valence-corrected chi connectivity index (χ4v) is 15.6. The number of aliphatic hydroxyl groups is 14. The van der Waals surface area contributed by atoms with Gasteiger partial charge in [0, 0.05) is 16.2 Å². The number of hydrogen-bond acceptors (Lipinski definition) is 22. The molecule has 4 saturated heterocycles. The number of hydrogen-bond donors (Lipinski definition) is 14. The van der Waals surface area contributed by atoms with Crippen molar-refractivity contribution < 1.29 is 109 Å². The quantitative estimate of drug-likeness (QED) is 0.0854. The van der Waals surface area contributed by atoms with Crippen molar-refractivity contribution in [2.24, 2.45) is 44.3 Å². The van der Waals surface area contributed by atoms with Crippen molar-refractivity contribution in [1.29, 1.82) is 0 Å². The summed E-state index contributed by atoms with van der Waals surface area (Å²) in [4.78, 5) is 0. The van der Waals surface area contributed by atoms with Gasteiger partial charge in [-0.25, -0.2) is 0 Å². The molecule has 74 heavy (non-hydrogen) atoms. The Morgan fingerprint density at radius 2 is 1.15 bits per heavy atom. The molecule has 27 atom stereocenters. The van der Waals surface area contributed by atoms with Gasteiger partial charge in [-0.2, -0.15) is 0 Å². The number of fused-ring (bicyclic) bond motifs is 6. The molecule has 5 aliphatic carbocycles. The molecule has 7 fully saturated rings. The third-order valence-electron chi connectivity index (χ3n) is 20.4. The molecule has 0 bridgehead atoms. The molecular formula is C52H84O22. The first kappa shape index (κ1) is 57.3. The van der Waals surface area contributed by atoms with E-state index in [1.54, 1.807) is 0 Å². The lowest BCUT2D eigenvalue weighted by atomic mass is 9.35. The highest BCUT2D eigenvalue weighted by molar-refractivity contribution is 5.47. The fourth-order valence-electron chi connectivity index (χ4n) is 15.6. The number of allylic oxidation sites excluding steroid dienone is 3. The van der Waals surface area contributed by atoms with E-state index in [0.717, 1.165) is 32.1 Å². The molecular weight excluding hydrogens is 977 g/mol. The van der Waals surface area contributed by atoms with E-state index in [1.807, 2.05) is 6.92 Å². The summed E-state index contributed by atoms with van der Waals surface area (Å²) in [6, 6.07) is 0. The van der Waals surface area contributed by atoms with E-state index in [9.17, 15) is 71.5 Å². The minimum atomic E-state index is -1.97. The molecule has 9 aliphatic rings. The van der Waals surface area contributed by atoms with E-state index in [4.69, 9.17) is 37.9 Å². The van der Waals surface area contributed by atoms with Crippen LogP contribution in [0.15, 0.2) is 23.3 Å². The summed E-state index contributed by atoms with van der Waals surface area (Å²) in [6.07, 6.45) is -21.3. The normalized spacial score (nSPS) is 54.3. The zero-order valence-electron chi connectivity index (χ0n) is 43.3. The third-order valence-corrected chi connectivity index (χ3v) is 20.4. The maximum Gasteiger partial charge on any atom is 0.187 e. The molecule has 4 heterocycles. The maximum atomic E-state index is 12.1. The molecule has 27 unspecified atom stereocenters. The smallest absolute Gasteiger partial charge is 0.187 e. The zero-order chi connectivity index (χ0) is 53.8. The topological polar surface area (TPSA) is 357 Å². The lowest BCUT2D eigenvalue weighted by Gasteiger charge is -2.70. The van der Waals surface area contributed by atoms with Gasteiger partial charge in [-0.15, -0.1) is 0 Å². The van der Waals surface area contributed by atoms with Crippen LogP contribution in [0.2, 0.25) is 0 Å². The van der Waals surface area contributed by atoms with Crippen LogP contribution in [0, 0.1) is 44.3 Å². The van der Waals surface area contributed by atoms with Gasteiger partial charge in [-0.1, -0.05) is 59.3 Å². The summed E-state index contributed by atoms with van der Waals surface area (Å²) in [5.41, 5.74) is -0.147. The molecule has 0 aromatic heterocycles. The molecule has 0 aromatic rings. The summed E-state index contributed by atoms with van der Waals surface area (Å²) in [5, 5.41) is 153. The van der Waals surface area contributed by atoms with Crippen molar-refractivity contribution >= 4 is 0 Å². The van der Waals surface area contributed by atoms with Crippen LogP contribution in [0.4, 0.5) is 0 Å². The van der Waals surface area contributed by atoms with Crippen LogP contribution in [0.3, 0.4) is 0 Å². The number of ether oxygens (including phenoxy) is 8. The molecule has 9 rings (SSSR count). The Labute approximate surface area is 431 Å². The lowest BCUT2D eigenvalue weighted by molar-refractivity contribution is -0.388. The predicted octanol–water partition coefficient (Wildman–Crippen LogP) is -2.42. The van der Waals surface area contributed by atoms with Gasteiger partial charge >= 0.3 is 0 Å². The maximum absolute atomic E-state index is 12.1. The van der Waals surface area contributed by atoms with Crippen molar-refractivity contribution in [2.75, 3.05) is 39.6 Å². The van der Waals surface area contributed by atoms with Crippen molar-refractivity contribution in [1.82, 2.24) is 0 Å². The van der Waals surface area contributed by atoms with Crippen molar-refractivity contribution in [3.8, 4) is 0 Å². The number of aliphatic hydroxyl groups excluding tert-OH is 14. The molecule has 3 saturated carbocycles. The lowest BCUT2D eigenvalue weighted by Crippen LogP contribution is -2.67. The van der Waals surface area contributed by atoms with E-state index in [2.05, 4.69) is 46.8 Å². The van der Waals surface area contributed by atoms with E-state index in [-0.39, 0.29) is 41.3 Å². The minimum absolute atomic E-state index is 0.0232. The average Bonchev–Trinajstić information content (AvgIpc) is 3.64. The van der Waals surface area contributed by atoms with Crippen molar-refractivity contribution in [3.05, 3.63) is 23.3 Å². The highest BCUT2D eigenvalue weighted by Gasteiger charge is 2.69. The Kier molecular flexibility index (Phi) is 16.2. The fraction of sp³-hybridized carbons (Fsp3) is 0.923. The molecule has 0 amide bonds. The van der Waals surface area contributed by atoms with Crippen LogP contribution in [-0.2, 0) is 37.9 Å². The molecule has 14 N–H and O–H groups in total. The van der Waals surface area contributed by atoms with Crippen LogP contribution in [-0.4, -0.2) is 234 Å². The molecule has 22 heteroatoms. The first-order valence-corrected chi connectivity index (χ1v) is 26.6. The second-order valence-corrected chi connectivity index (χ2v) is 25.0. The van der Waals surface area contributed by atoms with Gasteiger partial charge in [-0.05, 0) is 85.0 Å². The van der Waals surface area contributed by atoms with Gasteiger partial charge in [0.15, 0.2) is 25.2 Å². The van der Waals surface area contributed by atoms with E-state index >= 15 is 0 Å². The Bertz CT molecular complexity index is 2040. The van der Waals surface area contributed by atoms with Crippen molar-refractivity contribution in [2.45, 2.75) is 216 Å². The highest BCUT2D eigenvalue weighted by Crippen LogP contribution is 2.74. The molecule has 424 valence electrons. The van der Waals surface area contributed by atoms with E-state index < -0.39 is 165 Å². The average molecular weight is 1060 g/mol. The number of rotatable bonds is 13. The summed E-state index contributed by atoms with van der Waals surface area (Å²) in [5.74, 6) is -0.0540. The van der Waals surface area contributed by atoms with Crippen LogP contribution in [0.25, 0.3) is 0 Å². The first-order chi connectivity index (χ1) is 34.8. The molecule has 4 aliphatic heterocycles. The highest BCUT2D eigenvalue weighted by atomic mass is 16.8. The van der Waals surface area contributed by atoms with Crippen molar-refractivity contribution in [3.63, 3.8) is 0 Å². The van der Waals surface area contributed by atoms with Gasteiger partial charge in [0.25, 0.3) is 0 Å². The summed E-state index contributed by atoms with van der Waals surface area (Å²) in [6.45, 7) is 10.2. The Hall–Kier alpha value is -1.40. The van der Waals surface area contributed by atoms with Crippen LogP contribution in [0.1, 0.15) is 92.9 Å². The van der Waals surface area contributed by atoms with Gasteiger partial charge in [0.2, 0.25) is 0 Å². The second-order valence-electron chi connectivity index (χ2n) is 25.0. The van der Waals surface area contributed by atoms with Crippen LogP contribution in [0.5, 0.6) is 0 Å². The monoisotopic (exact) mass is 1060 g/mol. The summed E-state index contributed by atoms with van der Waals surface area (Å²) in [7, 11) is 0. The van der Waals surface area contributed by atoms with Gasteiger partial charge in [0.05, 0.1) is 51.8 Å². The molecule has 0 spiro atoms. The Morgan fingerprint density at radius 3 is 1.78 bits per heavy atom. The molecule has 0 aromatic carbocycles. The van der Waals surface area contributed by atoms with Crippen LogP contribution < -0.4 is 0 Å². The van der Waals surface area contributed by atoms with Gasteiger partial charge < -0.3 is 109 Å². The minimum Gasteiger partial charge on any atom is -0.396 e. The Morgan fingerprint density at radius 1 is 0.568 bits per heavy atom. The third kappa shape index (κ3) is 9.03. The Balaban J connectivity index is 0.926. The largest absolute Gasteiger partial charge is 0.396 e. The predicted molar refractivity (Wildman–Crippen MR) is 253 cm³/mol. The summed E-state index contributed by atoms with van der Waals surface area (Å²) < 4.78 is 47.6. The summed E-state index contributed by atoms with van der Waals surface area (Å²) >= 11 is 0. The SMILES string of the molecule is CC1(C)CCC2(CO)C(=C3C=CC4C5(C)CCC(OC6OC(CO)C(OC7OCC(OC8OC(CO)C(O)C8O)C(O)C7OC7OC(CO)C(O)C(O)C7O)C(O)C6O)C(C)(CO)C5CCC4(C)C3(C)CC2O)C1. The first-order valence-electron chi connectivity index (χ1n) is 26.6. The molecule has 22 nitrogen and oxygen atoms in total. The molecule has 0 radical (unpaired) electrons. The van der Waals surface area contributed by atoms with E-state index in [1.165, 1.54) is 11.1 Å². The zero-order valence-corrected chi connectivity index (χ0v) is 43.3. The van der Waals surface area contributed by atoms with Crippen LogP contribution >= 0.6 is 0 Å². The van der Waals surface area contributed by atoms with Gasteiger partial charge in [-0.3, -0.25) is 0 Å². The standard InChI is InChI=1S/C52H84O22/c1-47(2)13-14-52(22-57)24(15-47)23-7-8-30-48(3)11-10-32(49(4,21-56)29(48)9-12-50(30,5)51(23,6)16-31(52)58)72-44-40(66)37(63)41(27(19-55)70-44)73-46-42(74-45-39(65)36(62)33(59)25(17-53)69-45)35(61)28(20-67-46)71-43-38(64)34(60)26(18-54)68-43/h7-8,25-46,53-66H,9-22H2,1-6H3. The van der Waals surface area contributed by atoms with E-state index in [0.29, 0.717) is 19.3 Å². The van der Waals surface area contributed by atoms with Gasteiger partial charge in [0.1, 0.15) is 85.5 Å². The second kappa shape index (κ2) is 20.9.